The molecule has 1 aromatic carbocycles. The van der Waals surface area contributed by atoms with Gasteiger partial charge in [0.2, 0.25) is 0 Å². The number of benzene rings is 1. The minimum Gasteiger partial charge on any atom is -0.397 e. The lowest BCUT2D eigenvalue weighted by molar-refractivity contribution is 0.0952. The number of nitrogens with one attached hydrogen (secondary N) is 1. The highest BCUT2D eigenvalue weighted by Crippen LogP contribution is 2.34. The van der Waals surface area contributed by atoms with Crippen LogP contribution in [0.25, 0.3) is 10.1 Å². The molecule has 1 amide bonds. The van der Waals surface area contributed by atoms with Crippen molar-refractivity contribution in [2.75, 3.05) is 12.3 Å². The van der Waals surface area contributed by atoms with E-state index < -0.39 is 0 Å². The van der Waals surface area contributed by atoms with Crippen LogP contribution >= 0.6 is 11.3 Å². The Kier molecular flexibility index (Phi) is 3.66. The van der Waals surface area contributed by atoms with Crippen molar-refractivity contribution in [3.05, 3.63) is 28.6 Å². The van der Waals surface area contributed by atoms with E-state index in [2.05, 4.69) is 18.3 Å². The van der Waals surface area contributed by atoms with Gasteiger partial charge in [-0.05, 0) is 37.3 Å². The Hall–Kier alpha value is -1.55. The van der Waals surface area contributed by atoms with Gasteiger partial charge >= 0.3 is 0 Å². The molecule has 0 spiro atoms. The average Bonchev–Trinajstić information content (AvgIpc) is 3.04. The number of rotatable bonds is 3. The van der Waals surface area contributed by atoms with Crippen molar-refractivity contribution in [3.63, 3.8) is 0 Å². The van der Waals surface area contributed by atoms with Gasteiger partial charge in [0, 0.05) is 16.6 Å². The quantitative estimate of drug-likeness (QED) is 0.904. The minimum atomic E-state index is -0.0201. The second kappa shape index (κ2) is 5.44. The maximum absolute atomic E-state index is 12.3. The van der Waals surface area contributed by atoms with E-state index >= 15 is 0 Å². The lowest BCUT2D eigenvalue weighted by Gasteiger charge is -2.09. The molecule has 1 saturated carbocycles. The van der Waals surface area contributed by atoms with Gasteiger partial charge < -0.3 is 11.1 Å². The predicted octanol–water partition coefficient (Wildman–Crippen LogP) is 3.71. The second-order valence-electron chi connectivity index (χ2n) is 5.70. The van der Waals surface area contributed by atoms with Gasteiger partial charge in [-0.3, -0.25) is 4.79 Å². The van der Waals surface area contributed by atoms with E-state index in [4.69, 9.17) is 5.73 Å². The number of hydrogen-bond acceptors (Lipinski definition) is 3. The molecule has 1 heterocycles. The zero-order valence-electron chi connectivity index (χ0n) is 11.7. The van der Waals surface area contributed by atoms with Crippen LogP contribution in [0.4, 0.5) is 5.69 Å². The summed E-state index contributed by atoms with van der Waals surface area (Å²) in [5.74, 6) is 0.630. The summed E-state index contributed by atoms with van der Waals surface area (Å²) in [5.41, 5.74) is 7.93. The SMILES string of the molecule is Cc1ccc2c(N)c(C(=O)NCC3CCCC3)sc2c1. The van der Waals surface area contributed by atoms with Gasteiger partial charge in [-0.1, -0.05) is 25.0 Å². The first-order valence-corrected chi connectivity index (χ1v) is 8.03. The van der Waals surface area contributed by atoms with Gasteiger partial charge in [0.25, 0.3) is 5.91 Å². The van der Waals surface area contributed by atoms with Gasteiger partial charge in [-0.15, -0.1) is 11.3 Å². The number of aryl methyl sites for hydroxylation is 1. The van der Waals surface area contributed by atoms with Crippen LogP contribution in [0.3, 0.4) is 0 Å². The zero-order valence-corrected chi connectivity index (χ0v) is 12.6. The topological polar surface area (TPSA) is 55.1 Å². The van der Waals surface area contributed by atoms with Crippen molar-refractivity contribution in [3.8, 4) is 0 Å². The maximum Gasteiger partial charge on any atom is 0.263 e. The molecule has 1 aliphatic carbocycles. The lowest BCUT2D eigenvalue weighted by atomic mass is 10.1. The number of hydrogen-bond donors (Lipinski definition) is 2. The number of nitrogen functional groups attached to an aromatic ring is 1. The van der Waals surface area contributed by atoms with Gasteiger partial charge in [-0.2, -0.15) is 0 Å². The van der Waals surface area contributed by atoms with E-state index in [0.29, 0.717) is 16.5 Å². The molecule has 106 valence electrons. The molecule has 0 bridgehead atoms. The van der Waals surface area contributed by atoms with Crippen molar-refractivity contribution in [1.29, 1.82) is 0 Å². The number of anilines is 1. The molecule has 2 aromatic rings. The van der Waals surface area contributed by atoms with Crippen LogP contribution in [-0.2, 0) is 0 Å². The summed E-state index contributed by atoms with van der Waals surface area (Å²) >= 11 is 1.49. The molecule has 1 aromatic heterocycles. The Labute approximate surface area is 123 Å². The molecule has 0 atom stereocenters. The van der Waals surface area contributed by atoms with E-state index in [1.807, 2.05) is 12.1 Å². The molecule has 3 nitrogen and oxygen atoms in total. The number of amides is 1. The molecule has 20 heavy (non-hydrogen) atoms. The highest BCUT2D eigenvalue weighted by molar-refractivity contribution is 7.21. The lowest BCUT2D eigenvalue weighted by Crippen LogP contribution is -2.28. The summed E-state index contributed by atoms with van der Waals surface area (Å²) < 4.78 is 1.09. The molecule has 3 rings (SSSR count). The van der Waals surface area contributed by atoms with Crippen LogP contribution in [0.1, 0.15) is 40.9 Å². The van der Waals surface area contributed by atoms with Crippen LogP contribution < -0.4 is 11.1 Å². The summed E-state index contributed by atoms with van der Waals surface area (Å²) in [6.45, 7) is 2.83. The van der Waals surface area contributed by atoms with Crippen molar-refractivity contribution >= 4 is 33.0 Å². The van der Waals surface area contributed by atoms with Gasteiger partial charge in [0.1, 0.15) is 4.88 Å². The van der Waals surface area contributed by atoms with Crippen LogP contribution in [0.2, 0.25) is 0 Å². The van der Waals surface area contributed by atoms with Crippen molar-refractivity contribution < 1.29 is 4.79 Å². The summed E-state index contributed by atoms with van der Waals surface area (Å²) in [6.07, 6.45) is 5.07. The van der Waals surface area contributed by atoms with Crippen LogP contribution in [0, 0.1) is 12.8 Å². The minimum absolute atomic E-state index is 0.0201. The van der Waals surface area contributed by atoms with Crippen LogP contribution in [0.15, 0.2) is 18.2 Å². The molecule has 4 heteroatoms. The number of carbonyl (C=O) groups is 1. The summed E-state index contributed by atoms with van der Waals surface area (Å²) in [4.78, 5) is 13.0. The van der Waals surface area contributed by atoms with Crippen molar-refractivity contribution in [2.24, 2.45) is 5.92 Å². The molecule has 1 fully saturated rings. The fourth-order valence-corrected chi connectivity index (χ4v) is 4.06. The fraction of sp³-hybridized carbons (Fsp3) is 0.438. The molecule has 0 aliphatic heterocycles. The summed E-state index contributed by atoms with van der Waals surface area (Å²) in [6, 6.07) is 6.12. The van der Waals surface area contributed by atoms with E-state index in [1.165, 1.54) is 42.6 Å². The third-order valence-corrected chi connectivity index (χ3v) is 5.28. The number of thiophene rings is 1. The first-order valence-electron chi connectivity index (χ1n) is 7.22. The van der Waals surface area contributed by atoms with E-state index in [9.17, 15) is 4.79 Å². The molecule has 0 saturated heterocycles. The first kappa shape index (κ1) is 13.4. The Morgan fingerprint density at radius 3 is 2.90 bits per heavy atom. The Balaban J connectivity index is 1.78. The van der Waals surface area contributed by atoms with Gasteiger partial charge in [-0.25, -0.2) is 0 Å². The van der Waals surface area contributed by atoms with E-state index in [1.54, 1.807) is 0 Å². The number of carbonyl (C=O) groups excluding carboxylic acids is 1. The maximum atomic E-state index is 12.3. The van der Waals surface area contributed by atoms with Crippen LogP contribution in [-0.4, -0.2) is 12.5 Å². The Morgan fingerprint density at radius 2 is 2.15 bits per heavy atom. The first-order chi connectivity index (χ1) is 9.65. The summed E-state index contributed by atoms with van der Waals surface area (Å²) in [5, 5.41) is 4.04. The Morgan fingerprint density at radius 1 is 1.40 bits per heavy atom. The van der Waals surface area contributed by atoms with Gasteiger partial charge in [0.05, 0.1) is 5.69 Å². The predicted molar refractivity (Wildman–Crippen MR) is 85.3 cm³/mol. The number of fused-ring (bicyclic) bond motifs is 1. The van der Waals surface area contributed by atoms with E-state index in [-0.39, 0.29) is 5.91 Å². The Bertz CT molecular complexity index is 641. The molecule has 3 N–H and O–H groups in total. The molecule has 0 unspecified atom stereocenters. The van der Waals surface area contributed by atoms with Crippen LogP contribution in [0.5, 0.6) is 0 Å². The third-order valence-electron chi connectivity index (χ3n) is 4.12. The smallest absolute Gasteiger partial charge is 0.263 e. The largest absolute Gasteiger partial charge is 0.397 e. The van der Waals surface area contributed by atoms with Crippen molar-refractivity contribution in [1.82, 2.24) is 5.32 Å². The van der Waals surface area contributed by atoms with Gasteiger partial charge in [0.15, 0.2) is 0 Å². The van der Waals surface area contributed by atoms with E-state index in [0.717, 1.165) is 16.6 Å². The average molecular weight is 288 g/mol. The molecule has 0 radical (unpaired) electrons. The standard InChI is InChI=1S/C16H20N2OS/c1-10-6-7-12-13(8-10)20-15(14(12)17)16(19)18-9-11-4-2-3-5-11/h6-8,11H,2-5,9,17H2,1H3,(H,18,19). The highest BCUT2D eigenvalue weighted by atomic mass is 32.1. The van der Waals surface area contributed by atoms with Crippen molar-refractivity contribution in [2.45, 2.75) is 32.6 Å². The highest BCUT2D eigenvalue weighted by Gasteiger charge is 2.19. The molecule has 1 aliphatic rings. The summed E-state index contributed by atoms with van der Waals surface area (Å²) in [7, 11) is 0. The fourth-order valence-electron chi connectivity index (χ4n) is 2.92. The number of nitrogens with two attached hydrogens (primary N) is 1. The normalized spacial score (nSPS) is 15.8. The monoisotopic (exact) mass is 288 g/mol. The molecular weight excluding hydrogens is 268 g/mol. The zero-order chi connectivity index (χ0) is 14.1. The second-order valence-corrected chi connectivity index (χ2v) is 6.76. The molecular formula is C16H20N2OS. The third kappa shape index (κ3) is 2.52.